The van der Waals surface area contributed by atoms with Crippen molar-refractivity contribution in [3.63, 3.8) is 0 Å². The molecule has 1 atom stereocenters. The summed E-state index contributed by atoms with van der Waals surface area (Å²) in [6.45, 7) is 6.25. The Labute approximate surface area is 148 Å². The summed E-state index contributed by atoms with van der Waals surface area (Å²) >= 11 is 0. The molecule has 0 amide bonds. The van der Waals surface area contributed by atoms with Crippen LogP contribution in [0.25, 0.3) is 0 Å². The molecule has 130 valence electrons. The predicted molar refractivity (Wildman–Crippen MR) is 98.6 cm³/mol. The van der Waals surface area contributed by atoms with Crippen molar-refractivity contribution in [1.29, 1.82) is 0 Å². The third-order valence-corrected chi connectivity index (χ3v) is 4.62. The fourth-order valence-corrected chi connectivity index (χ4v) is 3.44. The lowest BCUT2D eigenvalue weighted by molar-refractivity contribution is 0.198. The number of aliphatic hydroxyl groups excluding tert-OH is 1. The van der Waals surface area contributed by atoms with E-state index in [-0.39, 0.29) is 12.2 Å². The molecule has 0 bridgehead atoms. The second kappa shape index (κ2) is 6.48. The van der Waals surface area contributed by atoms with Crippen LogP contribution in [0, 0.1) is 0 Å². The molecule has 0 radical (unpaired) electrons. The second-order valence-electron chi connectivity index (χ2n) is 6.94. The van der Waals surface area contributed by atoms with E-state index < -0.39 is 0 Å². The van der Waals surface area contributed by atoms with Crippen LogP contribution in [0.3, 0.4) is 0 Å². The lowest BCUT2D eigenvalue weighted by Gasteiger charge is -2.17. The number of benzene rings is 1. The van der Waals surface area contributed by atoms with E-state index in [0.717, 1.165) is 41.4 Å². The van der Waals surface area contributed by atoms with Gasteiger partial charge in [-0.2, -0.15) is 0 Å². The van der Waals surface area contributed by atoms with E-state index in [1.165, 1.54) is 5.56 Å². The van der Waals surface area contributed by atoms with E-state index in [9.17, 15) is 5.11 Å². The van der Waals surface area contributed by atoms with Gasteiger partial charge in [-0.1, -0.05) is 6.07 Å². The number of hydrogen-bond acceptors (Lipinski definition) is 5. The molecule has 25 heavy (non-hydrogen) atoms. The van der Waals surface area contributed by atoms with Gasteiger partial charge < -0.3 is 14.7 Å². The quantitative estimate of drug-likeness (QED) is 0.932. The number of ether oxygens (including phenoxy) is 1. The third-order valence-electron chi connectivity index (χ3n) is 4.62. The van der Waals surface area contributed by atoms with Crippen LogP contribution in [0.5, 0.6) is 5.75 Å². The standard InChI is InChI=1S/C20H23N3O2/c1-13(2)25-17-4-3-15-11-22-20(18(15)10-17)14-5-7-21-19(9-14)23-8-6-16(24)12-23/h3-5,7,9-10,13,16,24H,6,8,11-12H2,1-2H3/t16-/m0/s1. The van der Waals surface area contributed by atoms with E-state index in [4.69, 9.17) is 9.73 Å². The van der Waals surface area contributed by atoms with Crippen molar-refractivity contribution in [2.75, 3.05) is 18.0 Å². The maximum Gasteiger partial charge on any atom is 0.129 e. The number of anilines is 1. The van der Waals surface area contributed by atoms with Gasteiger partial charge in [0.05, 0.1) is 24.5 Å². The van der Waals surface area contributed by atoms with Crippen molar-refractivity contribution in [2.45, 2.75) is 39.0 Å². The van der Waals surface area contributed by atoms with Crippen LogP contribution in [0.15, 0.2) is 41.5 Å². The molecule has 1 aromatic carbocycles. The molecule has 0 spiro atoms. The summed E-state index contributed by atoms with van der Waals surface area (Å²) in [4.78, 5) is 11.3. The van der Waals surface area contributed by atoms with Crippen LogP contribution in [0.2, 0.25) is 0 Å². The van der Waals surface area contributed by atoms with Gasteiger partial charge in [0, 0.05) is 30.4 Å². The van der Waals surface area contributed by atoms with Crippen molar-refractivity contribution < 1.29 is 9.84 Å². The number of nitrogens with zero attached hydrogens (tertiary/aromatic N) is 3. The summed E-state index contributed by atoms with van der Waals surface area (Å²) < 4.78 is 5.84. The summed E-state index contributed by atoms with van der Waals surface area (Å²) in [7, 11) is 0. The molecule has 1 aromatic heterocycles. The zero-order valence-electron chi connectivity index (χ0n) is 14.6. The normalized spacial score (nSPS) is 19.3. The number of fused-ring (bicyclic) bond motifs is 1. The molecule has 2 aromatic rings. The van der Waals surface area contributed by atoms with Gasteiger partial charge in [0.15, 0.2) is 0 Å². The maximum absolute atomic E-state index is 9.77. The van der Waals surface area contributed by atoms with E-state index in [1.54, 1.807) is 0 Å². The summed E-state index contributed by atoms with van der Waals surface area (Å²) in [5.41, 5.74) is 4.41. The number of aliphatic imine (C=N–C) groups is 1. The Morgan fingerprint density at radius 1 is 1.24 bits per heavy atom. The monoisotopic (exact) mass is 337 g/mol. The fourth-order valence-electron chi connectivity index (χ4n) is 3.44. The van der Waals surface area contributed by atoms with Crippen LogP contribution in [-0.2, 0) is 6.54 Å². The van der Waals surface area contributed by atoms with Crippen molar-refractivity contribution in [3.8, 4) is 5.75 Å². The molecule has 2 aliphatic rings. The Bertz CT molecular complexity index is 816. The molecule has 1 N–H and O–H groups in total. The lowest BCUT2D eigenvalue weighted by Crippen LogP contribution is -2.22. The molecule has 0 aliphatic carbocycles. The van der Waals surface area contributed by atoms with Crippen LogP contribution < -0.4 is 9.64 Å². The minimum absolute atomic E-state index is 0.147. The first-order chi connectivity index (χ1) is 12.1. The average Bonchev–Trinajstić information content (AvgIpc) is 3.20. The number of aliphatic hydroxyl groups is 1. The molecule has 1 saturated heterocycles. The van der Waals surface area contributed by atoms with Crippen molar-refractivity contribution in [3.05, 3.63) is 53.2 Å². The van der Waals surface area contributed by atoms with Gasteiger partial charge in [-0.15, -0.1) is 0 Å². The minimum atomic E-state index is -0.259. The molecule has 5 heteroatoms. The van der Waals surface area contributed by atoms with Gasteiger partial charge in [-0.05, 0) is 50.1 Å². The van der Waals surface area contributed by atoms with Gasteiger partial charge in [-0.25, -0.2) is 4.98 Å². The van der Waals surface area contributed by atoms with E-state index in [0.29, 0.717) is 13.1 Å². The first kappa shape index (κ1) is 16.1. The summed E-state index contributed by atoms with van der Waals surface area (Å²) in [6.07, 6.45) is 2.51. The van der Waals surface area contributed by atoms with Gasteiger partial charge in [0.2, 0.25) is 0 Å². The topological polar surface area (TPSA) is 58.0 Å². The van der Waals surface area contributed by atoms with E-state index in [1.807, 2.05) is 32.2 Å². The van der Waals surface area contributed by atoms with Crippen LogP contribution in [0.4, 0.5) is 5.82 Å². The van der Waals surface area contributed by atoms with Crippen LogP contribution in [-0.4, -0.2) is 41.1 Å². The number of pyridine rings is 1. The maximum atomic E-state index is 9.77. The molecule has 5 nitrogen and oxygen atoms in total. The van der Waals surface area contributed by atoms with Crippen molar-refractivity contribution in [1.82, 2.24) is 4.98 Å². The highest BCUT2D eigenvalue weighted by atomic mass is 16.5. The highest BCUT2D eigenvalue weighted by Gasteiger charge is 2.23. The molecule has 4 rings (SSSR count). The van der Waals surface area contributed by atoms with Crippen LogP contribution in [0.1, 0.15) is 37.0 Å². The SMILES string of the molecule is CC(C)Oc1ccc2c(c1)C(c1ccnc(N3CC[C@H](O)C3)c1)=NC2. The minimum Gasteiger partial charge on any atom is -0.491 e. The molecule has 1 fully saturated rings. The number of rotatable bonds is 4. The van der Waals surface area contributed by atoms with Crippen molar-refractivity contribution in [2.24, 2.45) is 4.99 Å². The number of β-amino-alcohol motifs (C(OH)–C–C–N with tert-alkyl or cyclic N) is 1. The molecular weight excluding hydrogens is 314 g/mol. The first-order valence-corrected chi connectivity index (χ1v) is 8.84. The Morgan fingerprint density at radius 3 is 2.88 bits per heavy atom. The van der Waals surface area contributed by atoms with Crippen LogP contribution >= 0.6 is 0 Å². The van der Waals surface area contributed by atoms with Gasteiger partial charge in [-0.3, -0.25) is 4.99 Å². The van der Waals surface area contributed by atoms with Gasteiger partial charge in [0.25, 0.3) is 0 Å². The molecule has 0 unspecified atom stereocenters. The smallest absolute Gasteiger partial charge is 0.129 e. The first-order valence-electron chi connectivity index (χ1n) is 8.84. The Hall–Kier alpha value is -2.40. The summed E-state index contributed by atoms with van der Waals surface area (Å²) in [5.74, 6) is 1.78. The van der Waals surface area contributed by atoms with E-state index in [2.05, 4.69) is 28.1 Å². The molecular formula is C20H23N3O2. The van der Waals surface area contributed by atoms with Gasteiger partial charge in [0.1, 0.15) is 11.6 Å². The number of hydrogen-bond donors (Lipinski definition) is 1. The fraction of sp³-hybridized carbons (Fsp3) is 0.400. The van der Waals surface area contributed by atoms with E-state index >= 15 is 0 Å². The highest BCUT2D eigenvalue weighted by molar-refractivity contribution is 6.15. The Balaban J connectivity index is 1.64. The lowest BCUT2D eigenvalue weighted by atomic mass is 10.0. The van der Waals surface area contributed by atoms with Crippen molar-refractivity contribution >= 4 is 11.5 Å². The third kappa shape index (κ3) is 3.24. The zero-order valence-corrected chi connectivity index (χ0v) is 14.6. The second-order valence-corrected chi connectivity index (χ2v) is 6.94. The largest absolute Gasteiger partial charge is 0.491 e. The average molecular weight is 337 g/mol. The highest BCUT2D eigenvalue weighted by Crippen LogP contribution is 2.29. The molecule has 2 aliphatic heterocycles. The zero-order chi connectivity index (χ0) is 17.4. The summed E-state index contributed by atoms with van der Waals surface area (Å²) in [5, 5.41) is 9.77. The Kier molecular flexibility index (Phi) is 4.17. The van der Waals surface area contributed by atoms with Gasteiger partial charge >= 0.3 is 0 Å². The predicted octanol–water partition coefficient (Wildman–Crippen LogP) is 2.79. The Morgan fingerprint density at radius 2 is 2.12 bits per heavy atom. The number of aromatic nitrogens is 1. The summed E-state index contributed by atoms with van der Waals surface area (Å²) in [6, 6.07) is 10.3. The molecule has 3 heterocycles. The molecule has 0 saturated carbocycles.